The van der Waals surface area contributed by atoms with Crippen LogP contribution in [0.5, 0.6) is 5.75 Å². The smallest absolute Gasteiger partial charge is 0.337 e. The van der Waals surface area contributed by atoms with E-state index < -0.39 is 105 Å². The standard InChI is InChI=1S/C32H40O17/c1-43-29(42)18-12-46-30(49-32-28(41)25(38)23(36)19(10-33)47-32)22-15(5-8-17(18)22)11-45-31-27(40)26(39)24(37)20(48-31)13-44-21(35)9-4-14-2-6-16(34)7-3-14/h2-7,9,12,17,19-20,22-28,30-34,36-41H,8,10-11,13H2,1H3/b9-4-/t17-,19-,20-,22-,23-,24-,25+,26+,27-,28-,30+,31-,32+/m1/s1. The van der Waals surface area contributed by atoms with Crippen molar-refractivity contribution in [3.05, 3.63) is 59.4 Å². The van der Waals surface area contributed by atoms with Crippen molar-refractivity contribution < 1.29 is 83.6 Å². The predicted octanol–water partition coefficient (Wildman–Crippen LogP) is -2.43. The van der Waals surface area contributed by atoms with Crippen molar-refractivity contribution in [1.82, 2.24) is 0 Å². The van der Waals surface area contributed by atoms with Crippen LogP contribution in [0.3, 0.4) is 0 Å². The number of fused-ring (bicyclic) bond motifs is 1. The van der Waals surface area contributed by atoms with Crippen molar-refractivity contribution in [3.63, 3.8) is 0 Å². The summed E-state index contributed by atoms with van der Waals surface area (Å²) in [5.74, 6) is -2.75. The number of benzene rings is 1. The number of aliphatic hydroxyl groups excluding tert-OH is 7. The summed E-state index contributed by atoms with van der Waals surface area (Å²) >= 11 is 0. The minimum Gasteiger partial charge on any atom is -0.508 e. The summed E-state index contributed by atoms with van der Waals surface area (Å²) in [6.45, 7) is -1.47. The Bertz CT molecular complexity index is 1390. The van der Waals surface area contributed by atoms with Gasteiger partial charge in [0.05, 0.1) is 38.1 Å². The molecule has 2 saturated heterocycles. The van der Waals surface area contributed by atoms with Crippen molar-refractivity contribution >= 4 is 18.0 Å². The average Bonchev–Trinajstić information content (AvgIpc) is 3.54. The number of carbonyl (C=O) groups excluding carboxylic acids is 2. The van der Waals surface area contributed by atoms with Crippen LogP contribution >= 0.6 is 0 Å². The Morgan fingerprint density at radius 3 is 2.20 bits per heavy atom. The zero-order chi connectivity index (χ0) is 35.4. The van der Waals surface area contributed by atoms with Gasteiger partial charge in [0.25, 0.3) is 0 Å². The van der Waals surface area contributed by atoms with Gasteiger partial charge in [0, 0.05) is 12.0 Å². The Balaban J connectivity index is 1.24. The maximum Gasteiger partial charge on any atom is 0.337 e. The highest BCUT2D eigenvalue weighted by atomic mass is 16.8. The minimum atomic E-state index is -1.74. The van der Waals surface area contributed by atoms with E-state index in [2.05, 4.69) is 0 Å². The fourth-order valence-electron chi connectivity index (χ4n) is 6.05. The van der Waals surface area contributed by atoms with Crippen LogP contribution in [0.25, 0.3) is 6.08 Å². The number of phenolic OH excluding ortho intramolecular Hbond substituents is 1. The molecule has 1 aromatic carbocycles. The third kappa shape index (κ3) is 8.13. The van der Waals surface area contributed by atoms with E-state index in [0.717, 1.165) is 12.3 Å². The molecule has 5 rings (SSSR count). The maximum atomic E-state index is 12.5. The normalized spacial score (nSPS) is 37.5. The molecule has 270 valence electrons. The van der Waals surface area contributed by atoms with Crippen LogP contribution in [0.1, 0.15) is 12.0 Å². The Morgan fingerprint density at radius 2 is 1.53 bits per heavy atom. The van der Waals surface area contributed by atoms with Crippen molar-refractivity contribution in [3.8, 4) is 5.75 Å². The highest BCUT2D eigenvalue weighted by Crippen LogP contribution is 2.45. The number of esters is 2. The number of aromatic hydroxyl groups is 1. The lowest BCUT2D eigenvalue weighted by Gasteiger charge is -2.43. The third-order valence-corrected chi connectivity index (χ3v) is 8.83. The molecule has 17 heteroatoms. The first kappa shape index (κ1) is 36.8. The number of phenols is 1. The fourth-order valence-corrected chi connectivity index (χ4v) is 6.05. The van der Waals surface area contributed by atoms with Crippen LogP contribution in [0.4, 0.5) is 0 Å². The van der Waals surface area contributed by atoms with Crippen LogP contribution in [0.2, 0.25) is 0 Å². The van der Waals surface area contributed by atoms with E-state index in [0.29, 0.717) is 11.1 Å². The second-order valence-corrected chi connectivity index (χ2v) is 11.9. The minimum absolute atomic E-state index is 0.0563. The van der Waals surface area contributed by atoms with Gasteiger partial charge in [-0.25, -0.2) is 9.59 Å². The van der Waals surface area contributed by atoms with Gasteiger partial charge in [-0.2, -0.15) is 0 Å². The maximum absolute atomic E-state index is 12.5. The van der Waals surface area contributed by atoms with E-state index in [1.54, 1.807) is 18.2 Å². The lowest BCUT2D eigenvalue weighted by atomic mass is 9.83. The lowest BCUT2D eigenvalue weighted by molar-refractivity contribution is -0.340. The van der Waals surface area contributed by atoms with Gasteiger partial charge in [0.1, 0.15) is 61.2 Å². The number of allylic oxidation sites excluding steroid dienone is 1. The van der Waals surface area contributed by atoms with E-state index in [-0.39, 0.29) is 24.4 Å². The molecule has 4 aliphatic rings. The molecule has 8 N–H and O–H groups in total. The number of hydrogen-bond acceptors (Lipinski definition) is 17. The Kier molecular flexibility index (Phi) is 12.1. The molecule has 49 heavy (non-hydrogen) atoms. The van der Waals surface area contributed by atoms with Crippen molar-refractivity contribution in [1.29, 1.82) is 0 Å². The number of methoxy groups -OCH3 is 1. The van der Waals surface area contributed by atoms with Gasteiger partial charge >= 0.3 is 11.9 Å². The topological polar surface area (TPSA) is 261 Å². The number of rotatable bonds is 11. The van der Waals surface area contributed by atoms with Crippen molar-refractivity contribution in [2.24, 2.45) is 11.8 Å². The molecule has 3 aliphatic heterocycles. The zero-order valence-corrected chi connectivity index (χ0v) is 26.2. The molecule has 1 aromatic rings. The molecule has 0 bridgehead atoms. The quantitative estimate of drug-likeness (QED) is 0.0679. The molecule has 0 unspecified atom stereocenters. The lowest BCUT2D eigenvalue weighted by Crippen LogP contribution is -2.60. The van der Waals surface area contributed by atoms with E-state index in [9.17, 15) is 50.4 Å². The van der Waals surface area contributed by atoms with Gasteiger partial charge in [-0.1, -0.05) is 18.2 Å². The Labute approximate surface area is 279 Å². The highest BCUT2D eigenvalue weighted by Gasteiger charge is 2.51. The molecule has 0 amide bonds. The largest absolute Gasteiger partial charge is 0.508 e. The fraction of sp³-hybridized carbons (Fsp3) is 0.562. The Morgan fingerprint density at radius 1 is 0.878 bits per heavy atom. The molecular weight excluding hydrogens is 656 g/mol. The van der Waals surface area contributed by atoms with Crippen LogP contribution in [-0.4, -0.2) is 147 Å². The average molecular weight is 697 g/mol. The van der Waals surface area contributed by atoms with Gasteiger partial charge in [0.15, 0.2) is 12.6 Å². The SMILES string of the molecule is COC(=O)C1=CO[C@@H](O[C@@H]2O[C@H](CO)[C@@H](O)[C@H](O)[C@H]2O)[C@@H]2C(CO[C@@H]3O[C@H](COC(=O)/C=C\c4ccc(O)cc4)[C@@H](O)[C@H](O)[C@H]3O)=CC[C@H]12. The third-order valence-electron chi connectivity index (χ3n) is 8.83. The van der Waals surface area contributed by atoms with E-state index in [4.69, 9.17) is 33.2 Å². The molecule has 0 saturated carbocycles. The number of carbonyl (C=O) groups is 2. The van der Waals surface area contributed by atoms with E-state index in [1.165, 1.54) is 25.3 Å². The van der Waals surface area contributed by atoms with Crippen LogP contribution in [-0.2, 0) is 42.7 Å². The highest BCUT2D eigenvalue weighted by molar-refractivity contribution is 5.89. The van der Waals surface area contributed by atoms with Gasteiger partial charge < -0.3 is 74.0 Å². The van der Waals surface area contributed by atoms with Crippen LogP contribution in [0.15, 0.2) is 53.8 Å². The molecule has 1 aliphatic carbocycles. The number of aliphatic hydroxyl groups is 7. The van der Waals surface area contributed by atoms with E-state index >= 15 is 0 Å². The number of hydrogen-bond donors (Lipinski definition) is 8. The van der Waals surface area contributed by atoms with Crippen LogP contribution in [0, 0.1) is 11.8 Å². The first-order valence-corrected chi connectivity index (χ1v) is 15.5. The van der Waals surface area contributed by atoms with Gasteiger partial charge in [-0.15, -0.1) is 0 Å². The first-order chi connectivity index (χ1) is 23.4. The van der Waals surface area contributed by atoms with E-state index in [1.807, 2.05) is 0 Å². The molecule has 0 spiro atoms. The monoisotopic (exact) mass is 696 g/mol. The summed E-state index contributed by atoms with van der Waals surface area (Å²) in [6, 6.07) is 6.03. The van der Waals surface area contributed by atoms with Crippen LogP contribution < -0.4 is 0 Å². The number of ether oxygens (including phenoxy) is 7. The molecule has 0 radical (unpaired) electrons. The molecule has 2 fully saturated rings. The summed E-state index contributed by atoms with van der Waals surface area (Å²) in [4.78, 5) is 24.8. The summed E-state index contributed by atoms with van der Waals surface area (Å²) in [7, 11) is 1.20. The molecule has 0 aromatic heterocycles. The summed E-state index contributed by atoms with van der Waals surface area (Å²) in [5.41, 5.74) is 1.26. The molecule has 17 nitrogen and oxygen atoms in total. The summed E-state index contributed by atoms with van der Waals surface area (Å²) < 4.78 is 38.6. The van der Waals surface area contributed by atoms with Crippen molar-refractivity contribution in [2.75, 3.05) is 26.9 Å². The van der Waals surface area contributed by atoms with Gasteiger partial charge in [-0.05, 0) is 35.8 Å². The first-order valence-electron chi connectivity index (χ1n) is 15.5. The summed E-state index contributed by atoms with van der Waals surface area (Å²) in [5, 5.41) is 81.5. The van der Waals surface area contributed by atoms with Crippen molar-refractivity contribution in [2.45, 2.75) is 74.1 Å². The Hall–Kier alpha value is -3.46. The molecular formula is C32H40O17. The molecule has 13 atom stereocenters. The second-order valence-electron chi connectivity index (χ2n) is 11.9. The molecule has 3 heterocycles. The summed E-state index contributed by atoms with van der Waals surface area (Å²) in [6.07, 6.45) is -11.3. The second kappa shape index (κ2) is 16.0. The van der Waals surface area contributed by atoms with Gasteiger partial charge in [0.2, 0.25) is 6.29 Å². The van der Waals surface area contributed by atoms with Gasteiger partial charge in [-0.3, -0.25) is 0 Å². The predicted molar refractivity (Wildman–Crippen MR) is 160 cm³/mol. The zero-order valence-electron chi connectivity index (χ0n) is 26.2.